The smallest absolute Gasteiger partial charge is 0.345 e. The molecule has 5 heteroatoms. The van der Waals surface area contributed by atoms with Gasteiger partial charge in [0.15, 0.2) is 0 Å². The molecule has 0 saturated carbocycles. The van der Waals surface area contributed by atoms with Gasteiger partial charge in [-0.25, -0.2) is 4.79 Å². The van der Waals surface area contributed by atoms with Crippen LogP contribution in [0.1, 0.15) is 5.69 Å². The van der Waals surface area contributed by atoms with Crippen molar-refractivity contribution < 1.29 is 4.74 Å². The Bertz CT molecular complexity index is 605. The first-order valence-electron chi connectivity index (χ1n) is 5.12. The van der Waals surface area contributed by atoms with E-state index in [0.717, 1.165) is 11.3 Å². The largest absolute Gasteiger partial charge is 0.495 e. The van der Waals surface area contributed by atoms with Gasteiger partial charge < -0.3 is 15.5 Å². The predicted molar refractivity (Wildman–Crippen MR) is 66.0 cm³/mol. The number of methoxy groups -OCH3 is 1. The SMILES string of the molecule is COc1ccc(-c2cc(C)[nH]c(=O)n2)cc1N. The van der Waals surface area contributed by atoms with E-state index < -0.39 is 0 Å². The lowest BCUT2D eigenvalue weighted by molar-refractivity contribution is 0.417. The lowest BCUT2D eigenvalue weighted by Gasteiger charge is -2.06. The van der Waals surface area contributed by atoms with Crippen molar-refractivity contribution >= 4 is 5.69 Å². The first-order chi connectivity index (χ1) is 8.10. The average Bonchev–Trinajstić information content (AvgIpc) is 2.27. The molecule has 0 amide bonds. The number of aromatic amines is 1. The number of hydrogen-bond acceptors (Lipinski definition) is 4. The molecule has 5 nitrogen and oxygen atoms in total. The molecule has 0 unspecified atom stereocenters. The van der Waals surface area contributed by atoms with Crippen molar-refractivity contribution in [2.24, 2.45) is 0 Å². The molecule has 2 aromatic rings. The molecule has 1 aromatic carbocycles. The highest BCUT2D eigenvalue weighted by Crippen LogP contribution is 2.26. The second kappa shape index (κ2) is 4.29. The molecule has 0 aliphatic heterocycles. The molecule has 3 N–H and O–H groups in total. The number of nitrogen functional groups attached to an aromatic ring is 1. The minimum atomic E-state index is -0.366. The summed E-state index contributed by atoms with van der Waals surface area (Å²) in [6, 6.07) is 7.10. The van der Waals surface area contributed by atoms with Crippen LogP contribution in [0.3, 0.4) is 0 Å². The Balaban J connectivity index is 2.53. The summed E-state index contributed by atoms with van der Waals surface area (Å²) in [6.45, 7) is 1.81. The number of H-pyrrole nitrogens is 1. The zero-order valence-corrected chi connectivity index (χ0v) is 9.65. The fraction of sp³-hybridized carbons (Fsp3) is 0.167. The molecule has 0 aliphatic carbocycles. The van der Waals surface area contributed by atoms with Crippen molar-refractivity contribution in [3.8, 4) is 17.0 Å². The van der Waals surface area contributed by atoms with E-state index >= 15 is 0 Å². The molecular formula is C12H13N3O2. The van der Waals surface area contributed by atoms with Crippen molar-refractivity contribution in [1.29, 1.82) is 0 Å². The van der Waals surface area contributed by atoms with Gasteiger partial charge in [0.25, 0.3) is 0 Å². The molecule has 2 rings (SSSR count). The number of nitrogens with two attached hydrogens (primary N) is 1. The van der Waals surface area contributed by atoms with Gasteiger partial charge >= 0.3 is 5.69 Å². The van der Waals surface area contributed by atoms with Gasteiger partial charge in [-0.2, -0.15) is 4.98 Å². The molecule has 0 bridgehead atoms. The van der Waals surface area contributed by atoms with Crippen LogP contribution >= 0.6 is 0 Å². The van der Waals surface area contributed by atoms with Crippen LogP contribution < -0.4 is 16.2 Å². The van der Waals surface area contributed by atoms with Crippen LogP contribution in [0.4, 0.5) is 5.69 Å². The first-order valence-corrected chi connectivity index (χ1v) is 5.12. The lowest BCUT2D eigenvalue weighted by atomic mass is 10.1. The van der Waals surface area contributed by atoms with Gasteiger partial charge in [-0.05, 0) is 31.2 Å². The number of ether oxygens (including phenoxy) is 1. The van der Waals surface area contributed by atoms with Crippen LogP contribution in [0.2, 0.25) is 0 Å². The van der Waals surface area contributed by atoms with Crippen molar-refractivity contribution in [1.82, 2.24) is 9.97 Å². The van der Waals surface area contributed by atoms with E-state index in [9.17, 15) is 4.79 Å². The second-order valence-corrected chi connectivity index (χ2v) is 3.71. The highest BCUT2D eigenvalue weighted by molar-refractivity contribution is 5.68. The summed E-state index contributed by atoms with van der Waals surface area (Å²) in [4.78, 5) is 17.8. The van der Waals surface area contributed by atoms with Crippen molar-refractivity contribution in [2.75, 3.05) is 12.8 Å². The van der Waals surface area contributed by atoms with E-state index in [-0.39, 0.29) is 5.69 Å². The van der Waals surface area contributed by atoms with Crippen LogP contribution in [0.5, 0.6) is 5.75 Å². The standard InChI is InChI=1S/C12H13N3O2/c1-7-5-10(15-12(16)14-7)8-3-4-11(17-2)9(13)6-8/h3-6H,13H2,1-2H3,(H,14,15,16). The maximum Gasteiger partial charge on any atom is 0.345 e. The monoisotopic (exact) mass is 231 g/mol. The molecule has 0 radical (unpaired) electrons. The summed E-state index contributed by atoms with van der Waals surface area (Å²) in [5.41, 5.74) is 8.10. The molecule has 1 heterocycles. The van der Waals surface area contributed by atoms with Crippen LogP contribution in [0.25, 0.3) is 11.3 Å². The topological polar surface area (TPSA) is 81.0 Å². The Kier molecular flexibility index (Phi) is 2.82. The molecular weight excluding hydrogens is 218 g/mol. The van der Waals surface area contributed by atoms with E-state index in [4.69, 9.17) is 10.5 Å². The van der Waals surface area contributed by atoms with Crippen molar-refractivity contribution in [3.05, 3.63) is 40.4 Å². The van der Waals surface area contributed by atoms with E-state index in [2.05, 4.69) is 9.97 Å². The summed E-state index contributed by atoms with van der Waals surface area (Å²) in [7, 11) is 1.56. The quantitative estimate of drug-likeness (QED) is 0.764. The van der Waals surface area contributed by atoms with Crippen LogP contribution in [0, 0.1) is 6.92 Å². The number of aryl methyl sites for hydroxylation is 1. The van der Waals surface area contributed by atoms with E-state index in [1.807, 2.05) is 6.07 Å². The third-order valence-electron chi connectivity index (χ3n) is 2.40. The summed E-state index contributed by atoms with van der Waals surface area (Å²) in [6.07, 6.45) is 0. The van der Waals surface area contributed by atoms with Gasteiger partial charge in [-0.3, -0.25) is 0 Å². The highest BCUT2D eigenvalue weighted by Gasteiger charge is 2.05. The Morgan fingerprint density at radius 3 is 2.71 bits per heavy atom. The summed E-state index contributed by atoms with van der Waals surface area (Å²) >= 11 is 0. The number of aromatic nitrogens is 2. The molecule has 1 aromatic heterocycles. The lowest BCUT2D eigenvalue weighted by Crippen LogP contribution is -2.12. The fourth-order valence-electron chi connectivity index (χ4n) is 1.62. The molecule has 17 heavy (non-hydrogen) atoms. The fourth-order valence-corrected chi connectivity index (χ4v) is 1.62. The Labute approximate surface area is 98.3 Å². The van der Waals surface area contributed by atoms with Crippen LogP contribution in [-0.2, 0) is 0 Å². The predicted octanol–water partition coefficient (Wildman–Crippen LogP) is 1.34. The number of nitrogens with one attached hydrogen (secondary N) is 1. The second-order valence-electron chi connectivity index (χ2n) is 3.71. The molecule has 0 atom stereocenters. The van der Waals surface area contributed by atoms with Gasteiger partial charge in [-0.15, -0.1) is 0 Å². The van der Waals surface area contributed by atoms with Crippen LogP contribution in [0.15, 0.2) is 29.1 Å². The highest BCUT2D eigenvalue weighted by atomic mass is 16.5. The maximum absolute atomic E-state index is 11.3. The van der Waals surface area contributed by atoms with Gasteiger partial charge in [0.05, 0.1) is 18.5 Å². The Morgan fingerprint density at radius 1 is 1.35 bits per heavy atom. The van der Waals surface area contributed by atoms with Gasteiger partial charge in [0.2, 0.25) is 0 Å². The summed E-state index contributed by atoms with van der Waals surface area (Å²) < 4.78 is 5.07. The number of nitrogens with zero attached hydrogens (tertiary/aromatic N) is 1. The van der Waals surface area contributed by atoms with Gasteiger partial charge in [-0.1, -0.05) is 0 Å². The summed E-state index contributed by atoms with van der Waals surface area (Å²) in [5.74, 6) is 0.607. The minimum Gasteiger partial charge on any atom is -0.495 e. The van der Waals surface area contributed by atoms with Crippen molar-refractivity contribution in [3.63, 3.8) is 0 Å². The maximum atomic E-state index is 11.3. The van der Waals surface area contributed by atoms with E-state index in [1.54, 1.807) is 32.2 Å². The molecule has 0 saturated heterocycles. The number of rotatable bonds is 2. The normalized spacial score (nSPS) is 10.2. The third kappa shape index (κ3) is 2.28. The van der Waals surface area contributed by atoms with Crippen LogP contribution in [-0.4, -0.2) is 17.1 Å². The molecule has 0 fully saturated rings. The Morgan fingerprint density at radius 2 is 2.12 bits per heavy atom. The first kappa shape index (κ1) is 11.2. The minimum absolute atomic E-state index is 0.366. The Hall–Kier alpha value is -2.30. The van der Waals surface area contributed by atoms with Gasteiger partial charge in [0, 0.05) is 11.3 Å². The number of anilines is 1. The third-order valence-corrected chi connectivity index (χ3v) is 2.40. The number of benzene rings is 1. The zero-order chi connectivity index (χ0) is 12.4. The van der Waals surface area contributed by atoms with Gasteiger partial charge in [0.1, 0.15) is 5.75 Å². The molecule has 0 spiro atoms. The summed E-state index contributed by atoms with van der Waals surface area (Å²) in [5, 5.41) is 0. The van der Waals surface area contributed by atoms with E-state index in [0.29, 0.717) is 17.1 Å². The average molecular weight is 231 g/mol. The molecule has 0 aliphatic rings. The zero-order valence-electron chi connectivity index (χ0n) is 9.65. The van der Waals surface area contributed by atoms with Crippen molar-refractivity contribution in [2.45, 2.75) is 6.92 Å². The van der Waals surface area contributed by atoms with E-state index in [1.165, 1.54) is 0 Å². The number of hydrogen-bond donors (Lipinski definition) is 2. The molecule has 88 valence electrons.